The Morgan fingerprint density at radius 3 is 1.71 bits per heavy atom. The minimum absolute atomic E-state index is 0.0740. The summed E-state index contributed by atoms with van der Waals surface area (Å²) in [6.45, 7) is -0.249. The molecule has 0 radical (unpaired) electrons. The number of aromatic nitrogens is 2. The lowest BCUT2D eigenvalue weighted by Crippen LogP contribution is -2.26. The molecule has 0 aliphatic heterocycles. The van der Waals surface area contributed by atoms with Gasteiger partial charge in [0, 0.05) is 19.2 Å². The van der Waals surface area contributed by atoms with E-state index in [0.717, 1.165) is 36.8 Å². The highest BCUT2D eigenvalue weighted by molar-refractivity contribution is 7.90. The minimum Gasteiger partial charge on any atom is -0.241 e. The molecule has 0 amide bonds. The van der Waals surface area contributed by atoms with E-state index in [1.807, 2.05) is 0 Å². The molecule has 3 rings (SSSR count). The van der Waals surface area contributed by atoms with Crippen LogP contribution in [-0.2, 0) is 38.8 Å². The molecule has 34 heavy (non-hydrogen) atoms. The first-order valence-electron chi connectivity index (χ1n) is 9.23. The number of hydrogen-bond acceptors (Lipinski definition) is 5. The van der Waals surface area contributed by atoms with Crippen LogP contribution in [0.25, 0.3) is 0 Å². The second kappa shape index (κ2) is 9.03. The van der Waals surface area contributed by atoms with Crippen LogP contribution in [-0.4, -0.2) is 32.3 Å². The van der Waals surface area contributed by atoms with E-state index in [-0.39, 0.29) is 18.7 Å². The molecule has 184 valence electrons. The summed E-state index contributed by atoms with van der Waals surface area (Å²) in [5, 5.41) is 0. The van der Waals surface area contributed by atoms with E-state index < -0.39 is 53.3 Å². The Morgan fingerprint density at radius 2 is 1.24 bits per heavy atom. The predicted octanol–water partition coefficient (Wildman–Crippen LogP) is 3.68. The normalized spacial score (nSPS) is 13.2. The Balaban J connectivity index is 1.66. The molecule has 0 atom stereocenters. The molecule has 0 bridgehead atoms. The van der Waals surface area contributed by atoms with Gasteiger partial charge < -0.3 is 0 Å². The molecule has 0 saturated heterocycles. The Labute approximate surface area is 190 Å². The number of imidazole rings is 1. The molecular weight excluding hydrogens is 512 g/mol. The highest BCUT2D eigenvalue weighted by atomic mass is 32.2. The van der Waals surface area contributed by atoms with Crippen molar-refractivity contribution in [3.63, 3.8) is 0 Å². The van der Waals surface area contributed by atoms with Gasteiger partial charge >= 0.3 is 12.4 Å². The summed E-state index contributed by atoms with van der Waals surface area (Å²) in [4.78, 5) is 3.04. The largest absolute Gasteiger partial charge is 0.416 e. The molecular formula is C19H15F6N3O4S2. The number of hydrogen-bond donors (Lipinski definition) is 1. The molecule has 3 aromatic rings. The average molecular weight is 527 g/mol. The highest BCUT2D eigenvalue weighted by Crippen LogP contribution is 2.30. The van der Waals surface area contributed by atoms with Crippen LogP contribution in [0, 0.1) is 0 Å². The fraction of sp³-hybridized carbons (Fsp3) is 0.211. The summed E-state index contributed by atoms with van der Waals surface area (Å²) in [6.07, 6.45) is -7.34. The molecule has 0 spiro atoms. The average Bonchev–Trinajstić information content (AvgIpc) is 3.22. The smallest absolute Gasteiger partial charge is 0.241 e. The van der Waals surface area contributed by atoms with E-state index in [1.54, 1.807) is 0 Å². The molecule has 0 unspecified atom stereocenters. The standard InChI is InChI=1S/C19H15F6N3O4S2/c20-18(21,22)13-1-5-16(6-2-13)33(29,30)27-10-9-15-11-28(12-26-15)34(31,32)17-7-3-14(4-8-17)19(23,24)25/h1-8,11-12,27H,9-10H2. The Kier molecular flexibility index (Phi) is 6.83. The monoisotopic (exact) mass is 527 g/mol. The first-order chi connectivity index (χ1) is 15.6. The Bertz CT molecular complexity index is 1360. The molecule has 15 heteroatoms. The van der Waals surface area contributed by atoms with Crippen molar-refractivity contribution in [2.24, 2.45) is 0 Å². The van der Waals surface area contributed by atoms with Crippen LogP contribution < -0.4 is 4.72 Å². The SMILES string of the molecule is O=S(=O)(NCCc1cn(S(=O)(=O)c2ccc(C(F)(F)F)cc2)cn1)c1ccc(C(F)(F)F)cc1. The van der Waals surface area contributed by atoms with Gasteiger partial charge in [-0.15, -0.1) is 0 Å². The zero-order valence-electron chi connectivity index (χ0n) is 16.8. The highest BCUT2D eigenvalue weighted by Gasteiger charge is 2.31. The third kappa shape index (κ3) is 5.77. The van der Waals surface area contributed by atoms with Gasteiger partial charge in [0.1, 0.15) is 6.33 Å². The third-order valence-electron chi connectivity index (χ3n) is 4.54. The zero-order chi connectivity index (χ0) is 25.4. The number of rotatable bonds is 7. The van der Waals surface area contributed by atoms with E-state index in [9.17, 15) is 43.2 Å². The van der Waals surface area contributed by atoms with Gasteiger partial charge in [-0.2, -0.15) is 26.3 Å². The van der Waals surface area contributed by atoms with Crippen molar-refractivity contribution in [2.75, 3.05) is 6.54 Å². The summed E-state index contributed by atoms with van der Waals surface area (Å²) in [7, 11) is -8.37. The third-order valence-corrected chi connectivity index (χ3v) is 7.64. The van der Waals surface area contributed by atoms with E-state index in [1.165, 1.54) is 0 Å². The van der Waals surface area contributed by atoms with Crippen LogP contribution in [0.4, 0.5) is 26.3 Å². The van der Waals surface area contributed by atoms with Gasteiger partial charge in [-0.05, 0) is 48.5 Å². The van der Waals surface area contributed by atoms with Crippen molar-refractivity contribution < 1.29 is 43.2 Å². The molecule has 1 aromatic heterocycles. The zero-order valence-corrected chi connectivity index (χ0v) is 18.4. The Hall–Kier alpha value is -2.91. The van der Waals surface area contributed by atoms with Crippen molar-refractivity contribution in [3.8, 4) is 0 Å². The van der Waals surface area contributed by atoms with Gasteiger partial charge in [0.2, 0.25) is 10.0 Å². The summed E-state index contributed by atoms with van der Waals surface area (Å²) < 4.78 is 128. The quantitative estimate of drug-likeness (QED) is 0.473. The van der Waals surface area contributed by atoms with Crippen LogP contribution in [0.15, 0.2) is 70.8 Å². The maximum absolute atomic E-state index is 12.7. The van der Waals surface area contributed by atoms with Gasteiger partial charge in [0.05, 0.1) is 26.6 Å². The fourth-order valence-corrected chi connectivity index (χ4v) is 4.95. The first-order valence-corrected chi connectivity index (χ1v) is 12.2. The molecule has 1 heterocycles. The van der Waals surface area contributed by atoms with Crippen LogP contribution in [0.2, 0.25) is 0 Å². The predicted molar refractivity (Wildman–Crippen MR) is 107 cm³/mol. The van der Waals surface area contributed by atoms with Crippen molar-refractivity contribution in [1.29, 1.82) is 0 Å². The van der Waals surface area contributed by atoms with Crippen molar-refractivity contribution >= 4 is 20.0 Å². The number of sulfonamides is 1. The first kappa shape index (κ1) is 25.7. The summed E-state index contributed by atoms with van der Waals surface area (Å²) in [5.41, 5.74) is -1.88. The second-order valence-corrected chi connectivity index (χ2v) is 10.5. The van der Waals surface area contributed by atoms with Gasteiger partial charge in [0.25, 0.3) is 10.0 Å². The fourth-order valence-electron chi connectivity index (χ4n) is 2.76. The lowest BCUT2D eigenvalue weighted by Gasteiger charge is -2.09. The molecule has 0 fully saturated rings. The number of halogens is 6. The molecule has 2 aromatic carbocycles. The summed E-state index contributed by atoms with van der Waals surface area (Å²) in [6, 6.07) is 5.71. The summed E-state index contributed by atoms with van der Waals surface area (Å²) >= 11 is 0. The molecule has 7 nitrogen and oxygen atoms in total. The van der Waals surface area contributed by atoms with Crippen LogP contribution in [0.1, 0.15) is 16.8 Å². The summed E-state index contributed by atoms with van der Waals surface area (Å²) in [5.74, 6) is 0. The van der Waals surface area contributed by atoms with Gasteiger partial charge in [-0.1, -0.05) is 0 Å². The van der Waals surface area contributed by atoms with Crippen molar-refractivity contribution in [3.05, 3.63) is 77.9 Å². The number of alkyl halides is 6. The lowest BCUT2D eigenvalue weighted by molar-refractivity contribution is -0.138. The van der Waals surface area contributed by atoms with Crippen molar-refractivity contribution in [2.45, 2.75) is 28.6 Å². The molecule has 1 N–H and O–H groups in total. The van der Waals surface area contributed by atoms with E-state index >= 15 is 0 Å². The second-order valence-electron chi connectivity index (χ2n) is 6.89. The van der Waals surface area contributed by atoms with Crippen LogP contribution in [0.5, 0.6) is 0 Å². The van der Waals surface area contributed by atoms with Crippen LogP contribution in [0.3, 0.4) is 0 Å². The Morgan fingerprint density at radius 1 is 0.765 bits per heavy atom. The van der Waals surface area contributed by atoms with E-state index in [0.29, 0.717) is 28.2 Å². The maximum atomic E-state index is 12.7. The maximum Gasteiger partial charge on any atom is 0.416 e. The van der Waals surface area contributed by atoms with Crippen molar-refractivity contribution in [1.82, 2.24) is 13.7 Å². The van der Waals surface area contributed by atoms with Gasteiger partial charge in [-0.3, -0.25) is 0 Å². The van der Waals surface area contributed by atoms with E-state index in [4.69, 9.17) is 0 Å². The van der Waals surface area contributed by atoms with E-state index in [2.05, 4.69) is 9.71 Å². The minimum atomic E-state index is -4.63. The van der Waals surface area contributed by atoms with Gasteiger partial charge in [-0.25, -0.2) is 30.5 Å². The molecule has 0 saturated carbocycles. The number of benzene rings is 2. The number of nitrogens with one attached hydrogen (secondary N) is 1. The topological polar surface area (TPSA) is 98.1 Å². The van der Waals surface area contributed by atoms with Crippen LogP contribution >= 0.6 is 0 Å². The molecule has 0 aliphatic rings. The lowest BCUT2D eigenvalue weighted by atomic mass is 10.2. The molecule has 0 aliphatic carbocycles. The number of nitrogens with zero attached hydrogens (tertiary/aromatic N) is 2. The van der Waals surface area contributed by atoms with Gasteiger partial charge in [0.15, 0.2) is 0 Å².